The molecule has 3 rings (SSSR count). The number of aryl methyl sites for hydroxylation is 2. The Morgan fingerprint density at radius 3 is 2.77 bits per heavy atom. The van der Waals surface area contributed by atoms with Crippen LogP contribution in [0, 0.1) is 0 Å². The quantitative estimate of drug-likeness (QED) is 0.896. The molecule has 2 aliphatic rings. The van der Waals surface area contributed by atoms with Crippen LogP contribution < -0.4 is 5.32 Å². The summed E-state index contributed by atoms with van der Waals surface area (Å²) >= 11 is 0. The Morgan fingerprint density at radius 1 is 1.27 bits per heavy atom. The molecule has 3 atom stereocenters. The summed E-state index contributed by atoms with van der Waals surface area (Å²) in [6.07, 6.45) is 8.04. The Hall–Kier alpha value is -0.950. The molecule has 7 heteroatoms. The van der Waals surface area contributed by atoms with Crippen LogP contribution in [0.1, 0.15) is 50.7 Å². The van der Waals surface area contributed by atoms with Crippen molar-refractivity contribution in [3.8, 4) is 0 Å². The maximum absolute atomic E-state index is 12.0. The predicted octanol–water partition coefficient (Wildman–Crippen LogP) is 1.10. The normalized spacial score (nSPS) is 29.3. The van der Waals surface area contributed by atoms with Gasteiger partial charge in [0.2, 0.25) is 0 Å². The molecule has 0 radical (unpaired) electrons. The minimum Gasteiger partial charge on any atom is -0.308 e. The summed E-state index contributed by atoms with van der Waals surface area (Å²) in [6.45, 7) is 2.87. The number of nitrogens with one attached hydrogen (secondary N) is 1. The molecule has 0 spiro atoms. The number of sulfone groups is 1. The Morgan fingerprint density at radius 2 is 2.05 bits per heavy atom. The number of fused-ring (bicyclic) bond motifs is 1. The third-order valence-electron chi connectivity index (χ3n) is 4.92. The Balaban J connectivity index is 1.68. The molecule has 0 amide bonds. The van der Waals surface area contributed by atoms with Gasteiger partial charge in [0, 0.05) is 31.2 Å². The lowest BCUT2D eigenvalue weighted by Crippen LogP contribution is -2.52. The molecule has 124 valence electrons. The molecule has 22 heavy (non-hydrogen) atoms. The summed E-state index contributed by atoms with van der Waals surface area (Å²) in [5.41, 5.74) is 0. The van der Waals surface area contributed by atoms with Crippen molar-refractivity contribution in [1.82, 2.24) is 20.1 Å². The molecule has 1 N–H and O–H groups in total. The van der Waals surface area contributed by atoms with E-state index in [0.717, 1.165) is 63.1 Å². The molecule has 0 bridgehead atoms. The second-order valence-corrected chi connectivity index (χ2v) is 8.91. The van der Waals surface area contributed by atoms with Crippen molar-refractivity contribution in [3.63, 3.8) is 0 Å². The minimum atomic E-state index is -2.98. The first-order valence-corrected chi connectivity index (χ1v) is 10.3. The fraction of sp³-hybridized carbons (Fsp3) is 0.867. The summed E-state index contributed by atoms with van der Waals surface area (Å²) in [7, 11) is -2.98. The fourth-order valence-electron chi connectivity index (χ4n) is 3.75. The highest BCUT2D eigenvalue weighted by Gasteiger charge is 2.34. The molecule has 2 heterocycles. The summed E-state index contributed by atoms with van der Waals surface area (Å²) in [6, 6.07) is 0.385. The van der Waals surface area contributed by atoms with Crippen LogP contribution in [0.2, 0.25) is 0 Å². The van der Waals surface area contributed by atoms with Crippen molar-refractivity contribution < 1.29 is 8.42 Å². The number of nitrogens with zero attached hydrogens (tertiary/aromatic N) is 3. The van der Waals surface area contributed by atoms with Gasteiger partial charge in [-0.25, -0.2) is 18.1 Å². The van der Waals surface area contributed by atoms with Gasteiger partial charge in [-0.2, -0.15) is 5.10 Å². The van der Waals surface area contributed by atoms with E-state index in [2.05, 4.69) is 22.3 Å². The van der Waals surface area contributed by atoms with Crippen LogP contribution in [0.25, 0.3) is 0 Å². The molecule has 3 unspecified atom stereocenters. The monoisotopic (exact) mass is 326 g/mol. The van der Waals surface area contributed by atoms with Gasteiger partial charge in [0.15, 0.2) is 15.7 Å². The minimum absolute atomic E-state index is 0.0875. The largest absolute Gasteiger partial charge is 0.308 e. The van der Waals surface area contributed by atoms with Crippen LogP contribution in [-0.4, -0.2) is 46.8 Å². The van der Waals surface area contributed by atoms with Crippen LogP contribution in [-0.2, 0) is 29.2 Å². The lowest BCUT2D eigenvalue weighted by Gasteiger charge is -2.35. The molecule has 1 aromatic rings. The molecule has 0 aromatic carbocycles. The predicted molar refractivity (Wildman–Crippen MR) is 85.5 cm³/mol. The van der Waals surface area contributed by atoms with Crippen molar-refractivity contribution in [2.24, 2.45) is 0 Å². The van der Waals surface area contributed by atoms with Gasteiger partial charge >= 0.3 is 0 Å². The zero-order chi connectivity index (χ0) is 15.7. The van der Waals surface area contributed by atoms with Crippen molar-refractivity contribution in [1.29, 1.82) is 0 Å². The van der Waals surface area contributed by atoms with E-state index in [1.807, 2.05) is 4.68 Å². The third-order valence-corrected chi connectivity index (χ3v) is 6.58. The van der Waals surface area contributed by atoms with E-state index in [1.54, 1.807) is 0 Å². The van der Waals surface area contributed by atoms with E-state index < -0.39 is 9.84 Å². The highest BCUT2D eigenvalue weighted by Crippen LogP contribution is 2.25. The molecule has 6 nitrogen and oxygen atoms in total. The van der Waals surface area contributed by atoms with Gasteiger partial charge < -0.3 is 5.32 Å². The lowest BCUT2D eigenvalue weighted by atomic mass is 9.93. The first kappa shape index (κ1) is 15.9. The van der Waals surface area contributed by atoms with Crippen LogP contribution >= 0.6 is 0 Å². The molecule has 1 fully saturated rings. The molecule has 1 saturated carbocycles. The van der Waals surface area contributed by atoms with Gasteiger partial charge in [0.1, 0.15) is 5.82 Å². The SMILES string of the molecule is CCc1nc2n(n1)CC(NC1CCCCC1S(C)(=O)=O)CC2. The van der Waals surface area contributed by atoms with E-state index in [-0.39, 0.29) is 11.3 Å². The average Bonchev–Trinajstić information content (AvgIpc) is 2.89. The Labute approximate surface area is 132 Å². The summed E-state index contributed by atoms with van der Waals surface area (Å²) in [4.78, 5) is 4.53. The molecule has 0 saturated heterocycles. The molecule has 1 aliphatic heterocycles. The van der Waals surface area contributed by atoms with Crippen molar-refractivity contribution >= 4 is 9.84 Å². The van der Waals surface area contributed by atoms with Crippen molar-refractivity contribution in [2.75, 3.05) is 6.26 Å². The van der Waals surface area contributed by atoms with Crippen LogP contribution in [0.5, 0.6) is 0 Å². The third kappa shape index (κ3) is 3.35. The number of rotatable bonds is 4. The Bertz CT molecular complexity index is 625. The van der Waals surface area contributed by atoms with Gasteiger partial charge in [0.25, 0.3) is 0 Å². The van der Waals surface area contributed by atoms with E-state index >= 15 is 0 Å². The van der Waals surface area contributed by atoms with Crippen molar-refractivity contribution in [2.45, 2.75) is 75.7 Å². The van der Waals surface area contributed by atoms with Gasteiger partial charge in [-0.05, 0) is 19.3 Å². The maximum atomic E-state index is 12.0. The maximum Gasteiger partial charge on any atom is 0.151 e. The molecule has 1 aromatic heterocycles. The van der Waals surface area contributed by atoms with Crippen LogP contribution in [0.4, 0.5) is 0 Å². The first-order chi connectivity index (χ1) is 10.5. The molecular weight excluding hydrogens is 300 g/mol. The second-order valence-electron chi connectivity index (χ2n) is 6.64. The van der Waals surface area contributed by atoms with Crippen LogP contribution in [0.15, 0.2) is 0 Å². The van der Waals surface area contributed by atoms with E-state index in [1.165, 1.54) is 6.26 Å². The van der Waals surface area contributed by atoms with Crippen LogP contribution in [0.3, 0.4) is 0 Å². The second kappa shape index (κ2) is 6.28. The number of hydrogen-bond acceptors (Lipinski definition) is 5. The molecule has 1 aliphatic carbocycles. The van der Waals surface area contributed by atoms with Gasteiger partial charge in [-0.1, -0.05) is 19.8 Å². The van der Waals surface area contributed by atoms with Gasteiger partial charge in [-0.3, -0.25) is 0 Å². The smallest absolute Gasteiger partial charge is 0.151 e. The average molecular weight is 326 g/mol. The van der Waals surface area contributed by atoms with E-state index in [0.29, 0.717) is 6.04 Å². The van der Waals surface area contributed by atoms with Crippen molar-refractivity contribution in [3.05, 3.63) is 11.6 Å². The lowest BCUT2D eigenvalue weighted by molar-refractivity contribution is 0.285. The first-order valence-electron chi connectivity index (χ1n) is 8.35. The highest BCUT2D eigenvalue weighted by molar-refractivity contribution is 7.91. The summed E-state index contributed by atoms with van der Waals surface area (Å²) in [5, 5.41) is 7.91. The number of hydrogen-bond donors (Lipinski definition) is 1. The van der Waals surface area contributed by atoms with Gasteiger partial charge in [0.05, 0.1) is 11.8 Å². The zero-order valence-electron chi connectivity index (χ0n) is 13.5. The topological polar surface area (TPSA) is 76.9 Å². The standard InChI is InChI=1S/C15H26N4O2S/c1-3-14-17-15-9-8-11(10-19(15)18-14)16-12-6-4-5-7-13(12)22(2,20)21/h11-13,16H,3-10H2,1-2H3. The molecular formula is C15H26N4O2S. The summed E-state index contributed by atoms with van der Waals surface area (Å²) in [5.74, 6) is 1.97. The van der Waals surface area contributed by atoms with E-state index in [9.17, 15) is 8.42 Å². The Kier molecular flexibility index (Phi) is 4.54. The zero-order valence-corrected chi connectivity index (χ0v) is 14.3. The highest BCUT2D eigenvalue weighted by atomic mass is 32.2. The van der Waals surface area contributed by atoms with E-state index in [4.69, 9.17) is 0 Å². The number of aromatic nitrogens is 3. The summed E-state index contributed by atoms with van der Waals surface area (Å²) < 4.78 is 26.0. The van der Waals surface area contributed by atoms with Gasteiger partial charge in [-0.15, -0.1) is 0 Å². The fourth-order valence-corrected chi connectivity index (χ4v) is 5.16.